The fourth-order valence-electron chi connectivity index (χ4n) is 4.83. The van der Waals surface area contributed by atoms with Gasteiger partial charge in [0, 0.05) is 24.5 Å². The molecule has 0 aliphatic carbocycles. The van der Waals surface area contributed by atoms with E-state index < -0.39 is 5.41 Å². The first kappa shape index (κ1) is 33.6. The van der Waals surface area contributed by atoms with E-state index >= 15 is 0 Å². The molecule has 0 saturated heterocycles. The highest BCUT2D eigenvalue weighted by Gasteiger charge is 2.41. The molecule has 4 aromatic rings. The number of rotatable bonds is 12. The van der Waals surface area contributed by atoms with Gasteiger partial charge in [0.25, 0.3) is 11.8 Å². The predicted octanol–water partition coefficient (Wildman–Crippen LogP) is 4.34. The van der Waals surface area contributed by atoms with Gasteiger partial charge in [-0.15, -0.1) is 24.8 Å². The zero-order chi connectivity index (χ0) is 27.8. The summed E-state index contributed by atoms with van der Waals surface area (Å²) in [4.78, 5) is 32.7. The van der Waals surface area contributed by atoms with Crippen LogP contribution in [0, 0.1) is 13.8 Å². The predicted molar refractivity (Wildman–Crippen MR) is 169 cm³/mol. The van der Waals surface area contributed by atoms with E-state index in [2.05, 4.69) is 69.1 Å². The number of aromatic amines is 2. The van der Waals surface area contributed by atoms with Gasteiger partial charge in [-0.05, 0) is 75.2 Å². The van der Waals surface area contributed by atoms with E-state index in [-0.39, 0.29) is 36.6 Å². The van der Waals surface area contributed by atoms with Crippen molar-refractivity contribution < 1.29 is 9.59 Å². The van der Waals surface area contributed by atoms with Crippen molar-refractivity contribution in [2.75, 3.05) is 26.2 Å². The minimum atomic E-state index is -0.854. The van der Waals surface area contributed by atoms with Crippen molar-refractivity contribution in [2.24, 2.45) is 11.5 Å². The molecule has 4 rings (SSSR count). The second kappa shape index (κ2) is 15.4. The molecule has 0 spiro atoms. The van der Waals surface area contributed by atoms with Crippen LogP contribution in [0.3, 0.4) is 0 Å². The number of halogens is 2. The maximum Gasteiger partial charge on any atom is 0.267 e. The van der Waals surface area contributed by atoms with Crippen molar-refractivity contribution in [3.63, 3.8) is 0 Å². The molecule has 41 heavy (non-hydrogen) atoms. The van der Waals surface area contributed by atoms with Crippen LogP contribution in [-0.2, 0) is 5.41 Å². The van der Waals surface area contributed by atoms with Gasteiger partial charge >= 0.3 is 0 Å². The molecule has 0 fully saturated rings. The van der Waals surface area contributed by atoms with Gasteiger partial charge in [0.1, 0.15) is 16.8 Å². The Balaban J connectivity index is 0.00000294. The summed E-state index contributed by atoms with van der Waals surface area (Å²) in [5.74, 6) is -0.384. The smallest absolute Gasteiger partial charge is 0.267 e. The number of aromatic nitrogens is 2. The lowest BCUT2D eigenvalue weighted by Gasteiger charge is -2.34. The van der Waals surface area contributed by atoms with Crippen LogP contribution in [0.15, 0.2) is 72.8 Å². The highest BCUT2D eigenvalue weighted by Crippen LogP contribution is 2.44. The lowest BCUT2D eigenvalue weighted by molar-refractivity contribution is 0.0941. The molecule has 0 unspecified atom stereocenters. The molecule has 2 heterocycles. The molecule has 0 aliphatic heterocycles. The first-order chi connectivity index (χ1) is 18.9. The molecule has 2 amide bonds. The van der Waals surface area contributed by atoms with Crippen molar-refractivity contribution >= 4 is 36.6 Å². The summed E-state index contributed by atoms with van der Waals surface area (Å²) in [6, 6.07) is 24.2. The normalized spacial score (nSPS) is 10.8. The number of hydrogen-bond acceptors (Lipinski definition) is 4. The van der Waals surface area contributed by atoms with Crippen LogP contribution >= 0.6 is 24.8 Å². The maximum absolute atomic E-state index is 12.9. The van der Waals surface area contributed by atoms with Crippen LogP contribution in [-0.4, -0.2) is 48.0 Å². The Bertz CT molecular complexity index is 1290. The highest BCUT2D eigenvalue weighted by atomic mass is 35.5. The van der Waals surface area contributed by atoms with Crippen LogP contribution in [0.1, 0.15) is 67.5 Å². The SMILES string of the molecule is Cc1ccc(C(c2ccc(C)cc2)(c2ccc(C(=O)NCCCN)[nH]2)c2ccc(C(=O)NCCCN)[nH]2)cc1.Cl.Cl. The van der Waals surface area contributed by atoms with Gasteiger partial charge in [-0.25, -0.2) is 0 Å². The average Bonchev–Trinajstić information content (AvgIpc) is 3.63. The first-order valence-corrected chi connectivity index (χ1v) is 13.4. The molecular weight excluding hydrogens is 559 g/mol. The molecule has 0 saturated carbocycles. The molecule has 2 aromatic carbocycles. The van der Waals surface area contributed by atoms with Gasteiger partial charge in [-0.1, -0.05) is 59.7 Å². The molecule has 0 bridgehead atoms. The number of aryl methyl sites for hydroxylation is 2. The number of hydrogen-bond donors (Lipinski definition) is 6. The Hall–Kier alpha value is -3.56. The summed E-state index contributed by atoms with van der Waals surface area (Å²) < 4.78 is 0. The number of amides is 2. The zero-order valence-corrected chi connectivity index (χ0v) is 25.1. The van der Waals surface area contributed by atoms with Crippen LogP contribution in [0.2, 0.25) is 0 Å². The average molecular weight is 600 g/mol. The Labute approximate surface area is 253 Å². The van der Waals surface area contributed by atoms with E-state index in [4.69, 9.17) is 11.5 Å². The topological polar surface area (TPSA) is 142 Å². The largest absolute Gasteiger partial charge is 0.353 e. The third-order valence-electron chi connectivity index (χ3n) is 6.97. The fourth-order valence-corrected chi connectivity index (χ4v) is 4.83. The number of nitrogens with one attached hydrogen (secondary N) is 4. The number of carbonyl (C=O) groups is 2. The van der Waals surface area contributed by atoms with Gasteiger partial charge in [-0.2, -0.15) is 0 Å². The van der Waals surface area contributed by atoms with Crippen LogP contribution in [0.5, 0.6) is 0 Å². The van der Waals surface area contributed by atoms with Crippen molar-refractivity contribution in [1.29, 1.82) is 0 Å². The lowest BCUT2D eigenvalue weighted by Crippen LogP contribution is -2.33. The highest BCUT2D eigenvalue weighted by molar-refractivity contribution is 5.93. The summed E-state index contributed by atoms with van der Waals surface area (Å²) in [5.41, 5.74) is 17.1. The molecule has 0 atom stereocenters. The second-order valence-corrected chi connectivity index (χ2v) is 9.85. The van der Waals surface area contributed by atoms with Gasteiger partial charge in [0.15, 0.2) is 0 Å². The Morgan fingerprint density at radius 2 is 1.00 bits per heavy atom. The molecule has 220 valence electrons. The minimum absolute atomic E-state index is 0. The number of benzene rings is 2. The van der Waals surface area contributed by atoms with Crippen molar-refractivity contribution in [3.8, 4) is 0 Å². The van der Waals surface area contributed by atoms with E-state index in [1.165, 1.54) is 0 Å². The van der Waals surface area contributed by atoms with Gasteiger partial charge in [0.05, 0.1) is 0 Å². The Kier molecular flexibility index (Phi) is 12.7. The second-order valence-electron chi connectivity index (χ2n) is 9.85. The monoisotopic (exact) mass is 598 g/mol. The summed E-state index contributed by atoms with van der Waals surface area (Å²) in [5, 5.41) is 5.84. The van der Waals surface area contributed by atoms with E-state index in [0.29, 0.717) is 50.4 Å². The van der Waals surface area contributed by atoms with Crippen LogP contribution in [0.4, 0.5) is 0 Å². The molecular formula is C31H40Cl2N6O2. The van der Waals surface area contributed by atoms with Crippen molar-refractivity contribution in [3.05, 3.63) is 118 Å². The Morgan fingerprint density at radius 3 is 1.34 bits per heavy atom. The molecule has 2 aromatic heterocycles. The number of carbonyl (C=O) groups excluding carboxylic acids is 2. The van der Waals surface area contributed by atoms with Gasteiger partial charge < -0.3 is 32.1 Å². The quantitative estimate of drug-likeness (QED) is 0.135. The zero-order valence-electron chi connectivity index (χ0n) is 23.5. The number of nitrogens with two attached hydrogens (primary N) is 2. The third kappa shape index (κ3) is 7.40. The van der Waals surface area contributed by atoms with Gasteiger partial charge in [-0.3, -0.25) is 9.59 Å². The lowest BCUT2D eigenvalue weighted by atomic mass is 9.69. The van der Waals surface area contributed by atoms with E-state index in [9.17, 15) is 9.59 Å². The summed E-state index contributed by atoms with van der Waals surface area (Å²) in [7, 11) is 0. The van der Waals surface area contributed by atoms with E-state index in [1.807, 2.05) is 26.0 Å². The first-order valence-electron chi connectivity index (χ1n) is 13.4. The van der Waals surface area contributed by atoms with Crippen LogP contribution in [0.25, 0.3) is 0 Å². The number of H-pyrrole nitrogens is 2. The maximum atomic E-state index is 12.9. The van der Waals surface area contributed by atoms with E-state index in [1.54, 1.807) is 12.1 Å². The van der Waals surface area contributed by atoms with Crippen molar-refractivity contribution in [2.45, 2.75) is 32.1 Å². The van der Waals surface area contributed by atoms with E-state index in [0.717, 1.165) is 33.6 Å². The standard InChI is InChI=1S/C31H38N6O2.2ClH/c1-21-5-9-23(10-6-21)31(24-11-7-22(2)8-12-24,27-15-13-25(36-27)29(38)34-19-3-17-32)28-16-14-26(37-28)30(39)35-20-4-18-33;;/h5-16,36-37H,3-4,17-20,32-33H2,1-2H3,(H,34,38)(H,35,39);2*1H. The molecule has 8 N–H and O–H groups in total. The molecule has 0 radical (unpaired) electrons. The minimum Gasteiger partial charge on any atom is -0.353 e. The third-order valence-corrected chi connectivity index (χ3v) is 6.97. The molecule has 8 nitrogen and oxygen atoms in total. The van der Waals surface area contributed by atoms with Gasteiger partial charge in [0.2, 0.25) is 0 Å². The Morgan fingerprint density at radius 1 is 0.634 bits per heavy atom. The van der Waals surface area contributed by atoms with Crippen LogP contribution < -0.4 is 22.1 Å². The summed E-state index contributed by atoms with van der Waals surface area (Å²) in [6.07, 6.45) is 1.41. The summed E-state index contributed by atoms with van der Waals surface area (Å²) >= 11 is 0. The summed E-state index contributed by atoms with van der Waals surface area (Å²) in [6.45, 7) is 6.13. The fraction of sp³-hybridized carbons (Fsp3) is 0.290. The molecule has 0 aliphatic rings. The van der Waals surface area contributed by atoms with Crippen molar-refractivity contribution in [1.82, 2.24) is 20.6 Å². The molecule has 10 heteroatoms.